The molecule has 24 heavy (non-hydrogen) atoms. The molecule has 0 saturated carbocycles. The highest BCUT2D eigenvalue weighted by Crippen LogP contribution is 2.28. The topological polar surface area (TPSA) is 113 Å². The predicted molar refractivity (Wildman–Crippen MR) is 94.4 cm³/mol. The Hall–Kier alpha value is -2.41. The number of Topliss-reactive ketones (excluding diaryl/α,β-unsaturated/α-hetero) is 2. The van der Waals surface area contributed by atoms with E-state index in [4.69, 9.17) is 11.1 Å². The van der Waals surface area contributed by atoms with Gasteiger partial charge < -0.3 is 11.1 Å². The quantitative estimate of drug-likeness (QED) is 0.414. The van der Waals surface area contributed by atoms with Crippen LogP contribution < -0.4 is 11.1 Å². The third-order valence-corrected chi connectivity index (χ3v) is 4.49. The van der Waals surface area contributed by atoms with E-state index in [1.165, 1.54) is 0 Å². The van der Waals surface area contributed by atoms with E-state index >= 15 is 0 Å². The molecule has 7 heteroatoms. The minimum atomic E-state index is -0.196. The van der Waals surface area contributed by atoms with E-state index < -0.39 is 0 Å². The zero-order chi connectivity index (χ0) is 17.7. The second-order valence-electron chi connectivity index (χ2n) is 5.37. The molecule has 0 bridgehead atoms. The summed E-state index contributed by atoms with van der Waals surface area (Å²) in [6.07, 6.45) is 0.370. The van der Waals surface area contributed by atoms with E-state index in [2.05, 4.69) is 5.32 Å². The van der Waals surface area contributed by atoms with Crippen molar-refractivity contribution in [2.75, 3.05) is 12.3 Å². The van der Waals surface area contributed by atoms with Gasteiger partial charge in [-0.25, -0.2) is 0 Å². The molecule has 1 aliphatic rings. The summed E-state index contributed by atoms with van der Waals surface area (Å²) >= 11 is 1.15. The van der Waals surface area contributed by atoms with Gasteiger partial charge >= 0.3 is 0 Å². The summed E-state index contributed by atoms with van der Waals surface area (Å²) in [5.41, 5.74) is 6.86. The van der Waals surface area contributed by atoms with Crippen molar-refractivity contribution >= 4 is 34.4 Å². The van der Waals surface area contributed by atoms with Gasteiger partial charge in [-0.2, -0.15) is 0 Å². The molecule has 126 valence electrons. The average molecular weight is 345 g/mol. The van der Waals surface area contributed by atoms with Crippen molar-refractivity contribution in [3.8, 4) is 0 Å². The fourth-order valence-corrected chi connectivity index (χ4v) is 2.95. The van der Waals surface area contributed by atoms with Crippen molar-refractivity contribution in [2.24, 2.45) is 5.73 Å². The molecule has 0 aromatic heterocycles. The van der Waals surface area contributed by atoms with Crippen molar-refractivity contribution in [1.29, 1.82) is 5.41 Å². The number of rotatable bonds is 6. The molecule has 0 spiro atoms. The lowest BCUT2D eigenvalue weighted by atomic mass is 9.83. The highest BCUT2D eigenvalue weighted by molar-refractivity contribution is 8.13. The summed E-state index contributed by atoms with van der Waals surface area (Å²) in [4.78, 5) is 36.7. The van der Waals surface area contributed by atoms with Crippen molar-refractivity contribution in [3.63, 3.8) is 0 Å². The van der Waals surface area contributed by atoms with Crippen LogP contribution in [0.15, 0.2) is 35.4 Å². The number of hydrogen-bond acceptors (Lipinski definition) is 5. The lowest BCUT2D eigenvalue weighted by Gasteiger charge is -2.18. The number of nitrogens with one attached hydrogen (secondary N) is 2. The first-order valence-electron chi connectivity index (χ1n) is 7.53. The van der Waals surface area contributed by atoms with Crippen LogP contribution in [0, 0.1) is 5.41 Å². The van der Waals surface area contributed by atoms with Crippen molar-refractivity contribution in [3.05, 3.63) is 46.5 Å². The molecule has 0 saturated heterocycles. The van der Waals surface area contributed by atoms with Crippen LogP contribution in [0.5, 0.6) is 0 Å². The highest BCUT2D eigenvalue weighted by Gasteiger charge is 2.29. The van der Waals surface area contributed by atoms with Crippen LogP contribution in [0.25, 0.3) is 0 Å². The van der Waals surface area contributed by atoms with Crippen LogP contribution in [0.3, 0.4) is 0 Å². The van der Waals surface area contributed by atoms with E-state index in [-0.39, 0.29) is 35.5 Å². The van der Waals surface area contributed by atoms with E-state index in [1.54, 1.807) is 31.2 Å². The van der Waals surface area contributed by atoms with Gasteiger partial charge in [0.05, 0.1) is 0 Å². The number of benzene rings is 1. The van der Waals surface area contributed by atoms with Gasteiger partial charge in [0.2, 0.25) is 5.91 Å². The van der Waals surface area contributed by atoms with Gasteiger partial charge in [-0.3, -0.25) is 19.8 Å². The maximum Gasteiger partial charge on any atom is 0.220 e. The molecule has 4 N–H and O–H groups in total. The Kier molecular flexibility index (Phi) is 5.92. The van der Waals surface area contributed by atoms with Gasteiger partial charge in [0.25, 0.3) is 0 Å². The molecule has 0 unspecified atom stereocenters. The Morgan fingerprint density at radius 2 is 1.83 bits per heavy atom. The van der Waals surface area contributed by atoms with Crippen LogP contribution in [-0.2, 0) is 4.79 Å². The van der Waals surface area contributed by atoms with Gasteiger partial charge in [-0.1, -0.05) is 36.0 Å². The number of nitrogens with two attached hydrogens (primary N) is 1. The molecule has 6 nitrogen and oxygen atoms in total. The molecule has 0 heterocycles. The summed E-state index contributed by atoms with van der Waals surface area (Å²) in [5.74, 6) is -0.00667. The molecule has 1 amide bonds. The third kappa shape index (κ3) is 4.11. The number of carbonyl (C=O) groups excluding carboxylic acids is 3. The Bertz CT molecular complexity index is 740. The first-order valence-corrected chi connectivity index (χ1v) is 8.52. The van der Waals surface area contributed by atoms with Gasteiger partial charge in [-0.05, 0) is 13.3 Å². The Morgan fingerprint density at radius 1 is 1.21 bits per heavy atom. The summed E-state index contributed by atoms with van der Waals surface area (Å²) in [7, 11) is 0. The van der Waals surface area contributed by atoms with Crippen molar-refractivity contribution in [1.82, 2.24) is 5.32 Å². The molecule has 0 radical (unpaired) electrons. The number of hydrogen-bond donors (Lipinski definition) is 3. The maximum atomic E-state index is 12.5. The molecule has 1 aromatic rings. The standard InChI is InChI=1S/C17H19N3O3S/c1-10-11(6-7-14(21)20-8-9-24-17(18)19)16(23)13-5-3-2-4-12(13)15(10)22/h2-5H,6-9H2,1H3,(H3,18,19)(H,20,21). The number of fused-ring (bicyclic) bond motifs is 1. The number of thioether (sulfide) groups is 1. The number of amides is 1. The Labute approximate surface area is 144 Å². The fourth-order valence-electron chi connectivity index (χ4n) is 2.53. The molecule has 0 fully saturated rings. The minimum Gasteiger partial charge on any atom is -0.379 e. The maximum absolute atomic E-state index is 12.5. The lowest BCUT2D eigenvalue weighted by molar-refractivity contribution is -0.120. The molecule has 1 aromatic carbocycles. The Balaban J connectivity index is 1.96. The molecule has 1 aliphatic carbocycles. The van der Waals surface area contributed by atoms with E-state index in [0.717, 1.165) is 11.8 Å². The zero-order valence-electron chi connectivity index (χ0n) is 13.3. The fraction of sp³-hybridized carbons (Fsp3) is 0.294. The second kappa shape index (κ2) is 7.92. The highest BCUT2D eigenvalue weighted by atomic mass is 32.2. The third-order valence-electron chi connectivity index (χ3n) is 3.77. The van der Waals surface area contributed by atoms with E-state index in [1.807, 2.05) is 0 Å². The van der Waals surface area contributed by atoms with Crippen LogP contribution >= 0.6 is 11.8 Å². The van der Waals surface area contributed by atoms with Crippen LogP contribution in [0.2, 0.25) is 0 Å². The van der Waals surface area contributed by atoms with Gasteiger partial charge in [0.1, 0.15) is 0 Å². The van der Waals surface area contributed by atoms with Crippen LogP contribution in [0.4, 0.5) is 0 Å². The van der Waals surface area contributed by atoms with Gasteiger partial charge in [-0.15, -0.1) is 0 Å². The Morgan fingerprint density at radius 3 is 2.46 bits per heavy atom. The van der Waals surface area contributed by atoms with Crippen LogP contribution in [-0.4, -0.2) is 34.9 Å². The average Bonchev–Trinajstić information content (AvgIpc) is 2.56. The summed E-state index contributed by atoms with van der Waals surface area (Å²) < 4.78 is 0. The summed E-state index contributed by atoms with van der Waals surface area (Å²) in [6, 6.07) is 6.74. The minimum absolute atomic E-state index is 0.00927. The predicted octanol–water partition coefficient (Wildman–Crippen LogP) is 1.91. The SMILES string of the molecule is CC1=C(CCC(=O)NCCSC(=N)N)C(=O)c2ccccc2C1=O. The molecular weight excluding hydrogens is 326 g/mol. The van der Waals surface area contributed by atoms with E-state index in [9.17, 15) is 14.4 Å². The summed E-state index contributed by atoms with van der Waals surface area (Å²) in [6.45, 7) is 2.03. The molecule has 2 rings (SSSR count). The second-order valence-corrected chi connectivity index (χ2v) is 6.51. The number of amidine groups is 1. The first kappa shape index (κ1) is 17.9. The van der Waals surface area contributed by atoms with E-state index in [0.29, 0.717) is 34.6 Å². The van der Waals surface area contributed by atoms with Gasteiger partial charge in [0.15, 0.2) is 16.7 Å². The monoisotopic (exact) mass is 345 g/mol. The molecule has 0 atom stereocenters. The number of allylic oxidation sites excluding steroid dienone is 2. The normalized spacial score (nSPS) is 13.7. The van der Waals surface area contributed by atoms with Crippen molar-refractivity contribution in [2.45, 2.75) is 19.8 Å². The number of ketones is 2. The summed E-state index contributed by atoms with van der Waals surface area (Å²) in [5, 5.41) is 9.79. The molecule has 0 aliphatic heterocycles. The molecular formula is C17H19N3O3S. The van der Waals surface area contributed by atoms with Crippen molar-refractivity contribution < 1.29 is 14.4 Å². The number of carbonyl (C=O) groups is 3. The van der Waals surface area contributed by atoms with Gasteiger partial charge in [0, 0.05) is 41.0 Å². The van der Waals surface area contributed by atoms with Crippen LogP contribution in [0.1, 0.15) is 40.5 Å². The lowest BCUT2D eigenvalue weighted by Crippen LogP contribution is -2.27. The largest absolute Gasteiger partial charge is 0.379 e. The zero-order valence-corrected chi connectivity index (χ0v) is 14.2. The first-order chi connectivity index (χ1) is 11.4. The smallest absolute Gasteiger partial charge is 0.220 e.